The van der Waals surface area contributed by atoms with Crippen molar-refractivity contribution >= 4 is 11.8 Å². The summed E-state index contributed by atoms with van der Waals surface area (Å²) >= 11 is 0. The molecule has 10 heteroatoms. The maximum absolute atomic E-state index is 13.9. The molecule has 2 heterocycles. The number of rotatable bonds is 7. The van der Waals surface area contributed by atoms with Crippen LogP contribution in [0, 0.1) is 0 Å². The molecule has 1 aliphatic heterocycles. The van der Waals surface area contributed by atoms with Crippen LogP contribution < -0.4 is 9.64 Å². The van der Waals surface area contributed by atoms with Crippen molar-refractivity contribution in [3.8, 4) is 5.88 Å². The van der Waals surface area contributed by atoms with Gasteiger partial charge in [0.05, 0.1) is 6.54 Å². The summed E-state index contributed by atoms with van der Waals surface area (Å²) in [5, 5.41) is 16.2. The van der Waals surface area contributed by atoms with E-state index in [-0.39, 0.29) is 38.2 Å². The zero-order valence-electron chi connectivity index (χ0n) is 15.3. The molecule has 1 aliphatic rings. The number of nitrogens with zero attached hydrogens (tertiary/aromatic N) is 3. The van der Waals surface area contributed by atoms with Crippen LogP contribution in [0.2, 0.25) is 0 Å². The highest BCUT2D eigenvalue weighted by atomic mass is 19.4. The lowest BCUT2D eigenvalue weighted by Crippen LogP contribution is -2.31. The molecule has 2 atom stereocenters. The first-order valence-electron chi connectivity index (χ1n) is 8.98. The Morgan fingerprint density at radius 1 is 1.24 bits per heavy atom. The van der Waals surface area contributed by atoms with E-state index < -0.39 is 35.8 Å². The molecule has 6 nitrogen and oxygen atoms in total. The standard InChI is InChI=1S/C19H19F4N3O3/c20-13-8-14(6-7-17(27)28)26(10-13)16-9-15(19(21,22)23)18(25-24-16)29-11-12-4-2-1-3-5-12/h1-5,9,13-14H,6-8,10-11H2,(H,27,28)/t13-,14-/m1/s1. The minimum Gasteiger partial charge on any atom is -0.481 e. The number of halogens is 4. The number of alkyl halides is 4. The monoisotopic (exact) mass is 413 g/mol. The van der Waals surface area contributed by atoms with Crippen LogP contribution >= 0.6 is 0 Å². The third-order valence-electron chi connectivity index (χ3n) is 4.62. The summed E-state index contributed by atoms with van der Waals surface area (Å²) in [5.41, 5.74) is -0.447. The number of hydrogen-bond donors (Lipinski definition) is 1. The summed E-state index contributed by atoms with van der Waals surface area (Å²) in [4.78, 5) is 12.1. The van der Waals surface area contributed by atoms with E-state index in [0.717, 1.165) is 6.07 Å². The molecule has 0 bridgehead atoms. The van der Waals surface area contributed by atoms with Crippen LogP contribution in [0.15, 0.2) is 36.4 Å². The van der Waals surface area contributed by atoms with Crippen molar-refractivity contribution in [3.05, 3.63) is 47.5 Å². The average molecular weight is 413 g/mol. The summed E-state index contributed by atoms with van der Waals surface area (Å²) < 4.78 is 59.8. The van der Waals surface area contributed by atoms with Crippen LogP contribution in [0.1, 0.15) is 30.4 Å². The van der Waals surface area contributed by atoms with Crippen molar-refractivity contribution in [3.63, 3.8) is 0 Å². The summed E-state index contributed by atoms with van der Waals surface area (Å²) in [6.45, 7) is -0.282. The molecule has 0 unspecified atom stereocenters. The predicted molar refractivity (Wildman–Crippen MR) is 95.3 cm³/mol. The first-order valence-corrected chi connectivity index (χ1v) is 8.98. The fourth-order valence-corrected chi connectivity index (χ4v) is 3.25. The van der Waals surface area contributed by atoms with E-state index in [9.17, 15) is 22.4 Å². The number of ether oxygens (including phenoxy) is 1. The van der Waals surface area contributed by atoms with Gasteiger partial charge in [-0.1, -0.05) is 30.3 Å². The number of hydrogen-bond acceptors (Lipinski definition) is 5. The third-order valence-corrected chi connectivity index (χ3v) is 4.62. The van der Waals surface area contributed by atoms with E-state index in [2.05, 4.69) is 10.2 Å². The molecule has 3 rings (SSSR count). The SMILES string of the molecule is O=C(O)CC[C@@H]1C[C@@H](F)CN1c1cc(C(F)(F)F)c(OCc2ccccc2)nn1. The smallest absolute Gasteiger partial charge is 0.421 e. The number of carboxylic acids is 1. The number of aliphatic carboxylic acids is 1. The molecule has 1 aromatic carbocycles. The van der Waals surface area contributed by atoms with Crippen LogP contribution in [0.25, 0.3) is 0 Å². The molecule has 1 aromatic heterocycles. The topological polar surface area (TPSA) is 75.5 Å². The first-order chi connectivity index (χ1) is 13.7. The Balaban J connectivity index is 1.83. The van der Waals surface area contributed by atoms with Gasteiger partial charge in [-0.2, -0.15) is 13.2 Å². The molecule has 0 aliphatic carbocycles. The summed E-state index contributed by atoms with van der Waals surface area (Å²) in [6, 6.07) is 8.86. The largest absolute Gasteiger partial charge is 0.481 e. The second kappa shape index (κ2) is 8.62. The molecule has 0 radical (unpaired) electrons. The lowest BCUT2D eigenvalue weighted by atomic mass is 10.1. The maximum Gasteiger partial charge on any atom is 0.421 e. The fraction of sp³-hybridized carbons (Fsp3) is 0.421. The van der Waals surface area contributed by atoms with Gasteiger partial charge in [-0.25, -0.2) is 4.39 Å². The second-order valence-corrected chi connectivity index (χ2v) is 6.76. The summed E-state index contributed by atoms with van der Waals surface area (Å²) in [7, 11) is 0. The second-order valence-electron chi connectivity index (χ2n) is 6.76. The van der Waals surface area contributed by atoms with Crippen molar-refractivity contribution < 1.29 is 32.2 Å². The van der Waals surface area contributed by atoms with Gasteiger partial charge in [-0.05, 0) is 12.0 Å². The zero-order chi connectivity index (χ0) is 21.0. The fourth-order valence-electron chi connectivity index (χ4n) is 3.25. The van der Waals surface area contributed by atoms with Gasteiger partial charge in [0.2, 0.25) is 5.88 Å². The van der Waals surface area contributed by atoms with Crippen molar-refractivity contribution in [2.24, 2.45) is 0 Å². The van der Waals surface area contributed by atoms with Crippen LogP contribution in [0.5, 0.6) is 5.88 Å². The van der Waals surface area contributed by atoms with E-state index in [4.69, 9.17) is 9.84 Å². The molecule has 0 spiro atoms. The van der Waals surface area contributed by atoms with Gasteiger partial charge in [-0.3, -0.25) is 4.79 Å². The molecule has 1 saturated heterocycles. The quantitative estimate of drug-likeness (QED) is 0.695. The molecule has 2 aromatic rings. The number of benzene rings is 1. The Labute approximate surface area is 164 Å². The molecule has 0 amide bonds. The lowest BCUT2D eigenvalue weighted by Gasteiger charge is -2.25. The van der Waals surface area contributed by atoms with Gasteiger partial charge in [0.1, 0.15) is 18.3 Å². The minimum atomic E-state index is -4.75. The van der Waals surface area contributed by atoms with Gasteiger partial charge in [0, 0.05) is 24.9 Å². The summed E-state index contributed by atoms with van der Waals surface area (Å²) in [5.74, 6) is -1.87. The third kappa shape index (κ3) is 5.33. The van der Waals surface area contributed by atoms with Gasteiger partial charge in [0.15, 0.2) is 5.82 Å². The molecular formula is C19H19F4N3O3. The van der Waals surface area contributed by atoms with Gasteiger partial charge >= 0.3 is 12.1 Å². The Kier molecular flexibility index (Phi) is 6.19. The van der Waals surface area contributed by atoms with E-state index in [1.807, 2.05) is 0 Å². The highest BCUT2D eigenvalue weighted by Gasteiger charge is 2.39. The minimum absolute atomic E-state index is 0.0303. The number of carbonyl (C=O) groups is 1. The average Bonchev–Trinajstić information content (AvgIpc) is 3.05. The Morgan fingerprint density at radius 3 is 2.62 bits per heavy atom. The Morgan fingerprint density at radius 2 is 1.97 bits per heavy atom. The van der Waals surface area contributed by atoms with Crippen LogP contribution in [0.4, 0.5) is 23.4 Å². The van der Waals surface area contributed by atoms with E-state index in [0.29, 0.717) is 5.56 Å². The number of carboxylic acid groups (broad SMARTS) is 1. The van der Waals surface area contributed by atoms with Gasteiger partial charge in [0.25, 0.3) is 0 Å². The molecule has 1 N–H and O–H groups in total. The van der Waals surface area contributed by atoms with Crippen molar-refractivity contribution in [1.29, 1.82) is 0 Å². The molecule has 0 saturated carbocycles. The highest BCUT2D eigenvalue weighted by Crippen LogP contribution is 2.38. The Bertz CT molecular complexity index is 848. The molecule has 156 valence electrons. The van der Waals surface area contributed by atoms with Crippen LogP contribution in [-0.2, 0) is 17.6 Å². The summed E-state index contributed by atoms with van der Waals surface area (Å²) in [6.07, 6.45) is -6.11. The maximum atomic E-state index is 13.9. The normalized spacial score (nSPS) is 19.4. The Hall–Kier alpha value is -2.91. The predicted octanol–water partition coefficient (Wildman–Crippen LogP) is 3.86. The molecule has 1 fully saturated rings. The number of anilines is 1. The van der Waals surface area contributed by atoms with E-state index in [1.54, 1.807) is 30.3 Å². The van der Waals surface area contributed by atoms with Gasteiger partial charge in [-0.15, -0.1) is 10.2 Å². The van der Waals surface area contributed by atoms with Crippen molar-refractivity contribution in [1.82, 2.24) is 10.2 Å². The van der Waals surface area contributed by atoms with Gasteiger partial charge < -0.3 is 14.7 Å². The molecular weight excluding hydrogens is 394 g/mol. The van der Waals surface area contributed by atoms with Crippen LogP contribution in [0.3, 0.4) is 0 Å². The van der Waals surface area contributed by atoms with E-state index in [1.165, 1.54) is 4.90 Å². The van der Waals surface area contributed by atoms with E-state index >= 15 is 0 Å². The first kappa shape index (κ1) is 20.8. The zero-order valence-corrected chi connectivity index (χ0v) is 15.3. The van der Waals surface area contributed by atoms with Crippen molar-refractivity contribution in [2.75, 3.05) is 11.4 Å². The molecule has 29 heavy (non-hydrogen) atoms. The highest BCUT2D eigenvalue weighted by molar-refractivity contribution is 5.66. The van der Waals surface area contributed by atoms with Crippen LogP contribution in [-0.4, -0.2) is 40.0 Å². The van der Waals surface area contributed by atoms with Crippen molar-refractivity contribution in [2.45, 2.75) is 44.3 Å². The lowest BCUT2D eigenvalue weighted by molar-refractivity contribution is -0.139. The number of aromatic nitrogens is 2.